The van der Waals surface area contributed by atoms with Crippen molar-refractivity contribution >= 4 is 34.8 Å². The number of imide groups is 1. The van der Waals surface area contributed by atoms with Crippen LogP contribution in [0.1, 0.15) is 63.7 Å². The number of benzene rings is 4. The fourth-order valence-electron chi connectivity index (χ4n) is 4.35. The summed E-state index contributed by atoms with van der Waals surface area (Å²) in [7, 11) is 0. The van der Waals surface area contributed by atoms with Crippen molar-refractivity contribution in [2.24, 2.45) is 0 Å². The van der Waals surface area contributed by atoms with Crippen molar-refractivity contribution in [2.45, 2.75) is 13.8 Å². The van der Waals surface area contributed by atoms with Crippen molar-refractivity contribution in [1.82, 2.24) is 0 Å². The Hall–Kier alpha value is -5.24. The topological polar surface area (TPSA) is 115 Å². The molecular weight excluding hydrogens is 484 g/mol. The first kappa shape index (κ1) is 24.5. The number of nitrogens with zero attached hydrogens (tertiary/aromatic N) is 2. The molecule has 4 aromatic rings. The molecule has 0 fully saturated rings. The van der Waals surface area contributed by atoms with E-state index in [9.17, 15) is 29.3 Å². The molecule has 5 rings (SSSR count). The van der Waals surface area contributed by atoms with E-state index in [1.807, 2.05) is 19.9 Å². The molecule has 0 aliphatic carbocycles. The highest BCUT2D eigenvalue weighted by Crippen LogP contribution is 2.31. The molecule has 1 aliphatic rings. The highest BCUT2D eigenvalue weighted by atomic mass is 16.6. The van der Waals surface area contributed by atoms with Crippen LogP contribution in [0.2, 0.25) is 0 Å². The molecule has 0 saturated carbocycles. The van der Waals surface area contributed by atoms with Gasteiger partial charge in [-0.25, -0.2) is 4.90 Å². The number of non-ortho nitro benzene ring substituents is 1. The Labute approximate surface area is 217 Å². The molecule has 2 amide bonds. The number of carbonyl (C=O) groups is 4. The Bertz CT molecular complexity index is 1690. The predicted molar refractivity (Wildman–Crippen MR) is 140 cm³/mol. The van der Waals surface area contributed by atoms with Gasteiger partial charge >= 0.3 is 0 Å². The molecule has 1 heterocycles. The van der Waals surface area contributed by atoms with Crippen LogP contribution in [0, 0.1) is 24.0 Å². The third-order valence-corrected chi connectivity index (χ3v) is 6.62. The van der Waals surface area contributed by atoms with Crippen LogP contribution in [0.15, 0.2) is 84.9 Å². The number of rotatable bonds is 6. The Morgan fingerprint density at radius 2 is 1.24 bits per heavy atom. The summed E-state index contributed by atoms with van der Waals surface area (Å²) in [5.74, 6) is -1.85. The molecule has 0 unspecified atom stereocenters. The summed E-state index contributed by atoms with van der Waals surface area (Å²) in [5.41, 5.74) is 3.55. The number of carbonyl (C=O) groups excluding carboxylic acids is 4. The van der Waals surface area contributed by atoms with Crippen LogP contribution >= 0.6 is 0 Å². The van der Waals surface area contributed by atoms with Crippen LogP contribution in [0.3, 0.4) is 0 Å². The summed E-state index contributed by atoms with van der Waals surface area (Å²) in [6.45, 7) is 3.87. The third-order valence-electron chi connectivity index (χ3n) is 6.62. The molecule has 8 heteroatoms. The first-order chi connectivity index (χ1) is 18.2. The molecule has 38 heavy (non-hydrogen) atoms. The minimum Gasteiger partial charge on any atom is -0.289 e. The largest absolute Gasteiger partial charge is 0.289 e. The molecule has 0 bridgehead atoms. The summed E-state index contributed by atoms with van der Waals surface area (Å²) >= 11 is 0. The van der Waals surface area contributed by atoms with E-state index in [1.54, 1.807) is 30.3 Å². The van der Waals surface area contributed by atoms with Crippen LogP contribution < -0.4 is 4.90 Å². The second-order valence-electron chi connectivity index (χ2n) is 9.02. The molecular formula is C30H20N2O6. The van der Waals surface area contributed by atoms with Crippen molar-refractivity contribution in [2.75, 3.05) is 4.90 Å². The van der Waals surface area contributed by atoms with E-state index in [-0.39, 0.29) is 39.4 Å². The van der Waals surface area contributed by atoms with Crippen LogP contribution in [-0.2, 0) is 0 Å². The Balaban J connectivity index is 1.44. The second kappa shape index (κ2) is 9.33. The van der Waals surface area contributed by atoms with Gasteiger partial charge in [0.15, 0.2) is 11.6 Å². The molecule has 8 nitrogen and oxygen atoms in total. The molecule has 0 spiro atoms. The van der Waals surface area contributed by atoms with Crippen molar-refractivity contribution < 1.29 is 24.1 Å². The lowest BCUT2D eigenvalue weighted by atomic mass is 9.99. The molecule has 1 aliphatic heterocycles. The first-order valence-corrected chi connectivity index (χ1v) is 11.7. The fraction of sp³-hybridized carbons (Fsp3) is 0.0667. The standard InChI is InChI=1S/C30H20N2O6/c1-17-6-7-21(14-18(17)2)28(34)20-4-3-5-24(15-20)31-29(35)25-13-10-22(16-26(25)30(31)36)27(33)19-8-11-23(12-9-19)32(37)38/h3-16H,1-2H3. The van der Waals surface area contributed by atoms with E-state index in [0.29, 0.717) is 11.1 Å². The fourth-order valence-corrected chi connectivity index (χ4v) is 4.35. The molecule has 0 N–H and O–H groups in total. The second-order valence-corrected chi connectivity index (χ2v) is 9.02. The number of hydrogen-bond donors (Lipinski definition) is 0. The molecule has 0 aromatic heterocycles. The number of fused-ring (bicyclic) bond motifs is 1. The van der Waals surface area contributed by atoms with Gasteiger partial charge in [0.1, 0.15) is 0 Å². The molecule has 0 saturated heterocycles. The van der Waals surface area contributed by atoms with Crippen molar-refractivity contribution in [3.8, 4) is 0 Å². The van der Waals surface area contributed by atoms with Gasteiger partial charge in [-0.05, 0) is 67.4 Å². The number of ketones is 2. The van der Waals surface area contributed by atoms with Gasteiger partial charge < -0.3 is 0 Å². The zero-order valence-corrected chi connectivity index (χ0v) is 20.4. The number of hydrogen-bond acceptors (Lipinski definition) is 6. The van der Waals surface area contributed by atoms with Gasteiger partial charge in [0, 0.05) is 34.4 Å². The minimum atomic E-state index is -0.612. The van der Waals surface area contributed by atoms with E-state index in [4.69, 9.17) is 0 Å². The quantitative estimate of drug-likeness (QED) is 0.149. The molecule has 4 aromatic carbocycles. The van der Waals surface area contributed by atoms with Gasteiger partial charge in [0.25, 0.3) is 17.5 Å². The number of aryl methyl sites for hydroxylation is 2. The highest BCUT2D eigenvalue weighted by Gasteiger charge is 2.37. The van der Waals surface area contributed by atoms with E-state index in [0.717, 1.165) is 16.0 Å². The highest BCUT2D eigenvalue weighted by molar-refractivity contribution is 6.35. The van der Waals surface area contributed by atoms with E-state index < -0.39 is 22.5 Å². The summed E-state index contributed by atoms with van der Waals surface area (Å²) in [5, 5.41) is 10.9. The van der Waals surface area contributed by atoms with Gasteiger partial charge in [-0.1, -0.05) is 30.3 Å². The lowest BCUT2D eigenvalue weighted by Gasteiger charge is -2.15. The average molecular weight is 504 g/mol. The van der Waals surface area contributed by atoms with Crippen LogP contribution in [0.25, 0.3) is 0 Å². The van der Waals surface area contributed by atoms with Gasteiger partial charge in [0.05, 0.1) is 21.7 Å². The van der Waals surface area contributed by atoms with E-state index >= 15 is 0 Å². The third kappa shape index (κ3) is 4.18. The number of amides is 2. The Morgan fingerprint density at radius 3 is 1.92 bits per heavy atom. The Kier molecular flexibility index (Phi) is 6.00. The number of nitro groups is 1. The van der Waals surface area contributed by atoms with Crippen molar-refractivity contribution in [3.63, 3.8) is 0 Å². The van der Waals surface area contributed by atoms with E-state index in [1.165, 1.54) is 48.5 Å². The summed E-state index contributed by atoms with van der Waals surface area (Å²) in [6, 6.07) is 21.0. The lowest BCUT2D eigenvalue weighted by Crippen LogP contribution is -2.29. The average Bonchev–Trinajstić information content (AvgIpc) is 3.18. The monoisotopic (exact) mass is 504 g/mol. The summed E-state index contributed by atoms with van der Waals surface area (Å²) in [4.78, 5) is 63.8. The Morgan fingerprint density at radius 1 is 0.658 bits per heavy atom. The SMILES string of the molecule is Cc1ccc(C(=O)c2cccc(N3C(=O)c4ccc(C(=O)c5ccc([N+](=O)[O-])cc5)cc4C3=O)c2)cc1C. The first-order valence-electron chi connectivity index (χ1n) is 11.7. The smallest absolute Gasteiger partial charge is 0.269 e. The predicted octanol–water partition coefficient (Wildman–Crippen LogP) is 5.47. The van der Waals surface area contributed by atoms with Crippen LogP contribution in [-0.4, -0.2) is 28.3 Å². The van der Waals surface area contributed by atoms with Gasteiger partial charge in [-0.3, -0.25) is 29.3 Å². The summed E-state index contributed by atoms with van der Waals surface area (Å²) < 4.78 is 0. The normalized spacial score (nSPS) is 12.4. The zero-order chi connectivity index (χ0) is 27.1. The summed E-state index contributed by atoms with van der Waals surface area (Å²) in [6.07, 6.45) is 0. The molecule has 186 valence electrons. The van der Waals surface area contributed by atoms with Gasteiger partial charge in [0.2, 0.25) is 0 Å². The number of anilines is 1. The van der Waals surface area contributed by atoms with Crippen molar-refractivity contribution in [1.29, 1.82) is 0 Å². The van der Waals surface area contributed by atoms with Gasteiger partial charge in [-0.2, -0.15) is 0 Å². The number of nitro benzene ring substituents is 1. The van der Waals surface area contributed by atoms with Crippen LogP contribution in [0.4, 0.5) is 11.4 Å². The molecule has 0 atom stereocenters. The minimum absolute atomic E-state index is 0.0636. The maximum absolute atomic E-state index is 13.3. The zero-order valence-electron chi connectivity index (χ0n) is 20.4. The maximum atomic E-state index is 13.3. The van der Waals surface area contributed by atoms with Crippen LogP contribution in [0.5, 0.6) is 0 Å². The van der Waals surface area contributed by atoms with E-state index in [2.05, 4.69) is 0 Å². The lowest BCUT2D eigenvalue weighted by molar-refractivity contribution is -0.384. The van der Waals surface area contributed by atoms with Gasteiger partial charge in [-0.15, -0.1) is 0 Å². The molecule has 0 radical (unpaired) electrons. The maximum Gasteiger partial charge on any atom is 0.269 e. The van der Waals surface area contributed by atoms with Crippen molar-refractivity contribution in [3.05, 3.63) is 140 Å².